The first kappa shape index (κ1) is 19.3. The maximum atomic E-state index is 12.7. The minimum atomic E-state index is -0.378. The first-order valence-electron chi connectivity index (χ1n) is 9.78. The van der Waals surface area contributed by atoms with Crippen LogP contribution in [0.15, 0.2) is 36.7 Å². The second kappa shape index (κ2) is 8.57. The van der Waals surface area contributed by atoms with Gasteiger partial charge in [0.1, 0.15) is 11.9 Å². The van der Waals surface area contributed by atoms with Crippen molar-refractivity contribution in [1.29, 1.82) is 0 Å². The van der Waals surface area contributed by atoms with Gasteiger partial charge in [0.25, 0.3) is 0 Å². The predicted molar refractivity (Wildman–Crippen MR) is 105 cm³/mol. The SMILES string of the molecule is COc1cccc(-c2nccnc2[C@H]2CN(C(=O)CN3CCCC3=O)CCO2)c1. The number of benzene rings is 1. The van der Waals surface area contributed by atoms with E-state index in [0.717, 1.165) is 17.7 Å². The molecule has 0 saturated carbocycles. The van der Waals surface area contributed by atoms with Crippen LogP contribution in [0.1, 0.15) is 24.6 Å². The van der Waals surface area contributed by atoms with E-state index in [2.05, 4.69) is 9.97 Å². The summed E-state index contributed by atoms with van der Waals surface area (Å²) < 4.78 is 11.3. The minimum absolute atomic E-state index is 0.0531. The van der Waals surface area contributed by atoms with Crippen molar-refractivity contribution >= 4 is 11.8 Å². The van der Waals surface area contributed by atoms with Crippen molar-refractivity contribution in [2.75, 3.05) is 39.9 Å². The van der Waals surface area contributed by atoms with Crippen molar-refractivity contribution in [3.63, 3.8) is 0 Å². The molecule has 1 atom stereocenters. The number of nitrogens with zero attached hydrogens (tertiary/aromatic N) is 4. The van der Waals surface area contributed by atoms with Crippen LogP contribution in [0.2, 0.25) is 0 Å². The number of ether oxygens (including phenoxy) is 2. The third-order valence-electron chi connectivity index (χ3n) is 5.29. The first-order chi connectivity index (χ1) is 14.2. The fourth-order valence-electron chi connectivity index (χ4n) is 3.75. The number of amides is 2. The van der Waals surface area contributed by atoms with E-state index in [1.165, 1.54) is 0 Å². The highest BCUT2D eigenvalue weighted by molar-refractivity contribution is 5.86. The molecule has 0 N–H and O–H groups in total. The quantitative estimate of drug-likeness (QED) is 0.764. The number of morpholine rings is 1. The van der Waals surface area contributed by atoms with Crippen molar-refractivity contribution < 1.29 is 19.1 Å². The second-order valence-electron chi connectivity index (χ2n) is 7.14. The van der Waals surface area contributed by atoms with Gasteiger partial charge in [0.05, 0.1) is 38.2 Å². The van der Waals surface area contributed by atoms with Gasteiger partial charge < -0.3 is 19.3 Å². The summed E-state index contributed by atoms with van der Waals surface area (Å²) in [4.78, 5) is 37.0. The average Bonchev–Trinajstić information content (AvgIpc) is 3.18. The van der Waals surface area contributed by atoms with Gasteiger partial charge in [-0.3, -0.25) is 19.6 Å². The molecule has 152 valence electrons. The Morgan fingerprint density at radius 1 is 1.28 bits per heavy atom. The molecule has 1 aromatic carbocycles. The number of hydrogen-bond acceptors (Lipinski definition) is 6. The summed E-state index contributed by atoms with van der Waals surface area (Å²) >= 11 is 0. The van der Waals surface area contributed by atoms with Crippen LogP contribution in [0, 0.1) is 0 Å². The molecule has 8 nitrogen and oxygen atoms in total. The fourth-order valence-corrected chi connectivity index (χ4v) is 3.75. The summed E-state index contributed by atoms with van der Waals surface area (Å²) in [5.41, 5.74) is 2.28. The van der Waals surface area contributed by atoms with E-state index in [-0.39, 0.29) is 24.5 Å². The lowest BCUT2D eigenvalue weighted by atomic mass is 10.0. The molecule has 8 heteroatoms. The topological polar surface area (TPSA) is 84.9 Å². The standard InChI is InChI=1S/C21H24N4O4/c1-28-16-5-2-4-15(12-16)20-21(23-8-7-22-20)17-13-25(10-11-29-17)19(27)14-24-9-3-6-18(24)26/h2,4-5,7-8,12,17H,3,6,9-11,13-14H2,1H3/t17-/m1/s1. The molecule has 4 rings (SSSR count). The van der Waals surface area contributed by atoms with E-state index in [9.17, 15) is 9.59 Å². The molecule has 2 fully saturated rings. The average molecular weight is 396 g/mol. The van der Waals surface area contributed by atoms with Crippen LogP contribution in [0.3, 0.4) is 0 Å². The normalized spacial score (nSPS) is 19.5. The Kier molecular flexibility index (Phi) is 5.71. The fraction of sp³-hybridized carbons (Fsp3) is 0.429. The molecule has 2 aliphatic heterocycles. The number of likely N-dealkylation sites (tertiary alicyclic amines) is 1. The Labute approximate surface area is 169 Å². The number of aromatic nitrogens is 2. The van der Waals surface area contributed by atoms with Gasteiger partial charge in [0.2, 0.25) is 11.8 Å². The Bertz CT molecular complexity index is 904. The van der Waals surface area contributed by atoms with Gasteiger partial charge in [-0.05, 0) is 18.6 Å². The summed E-state index contributed by atoms with van der Waals surface area (Å²) in [7, 11) is 1.62. The van der Waals surface area contributed by atoms with E-state index < -0.39 is 0 Å². The zero-order valence-electron chi connectivity index (χ0n) is 16.4. The van der Waals surface area contributed by atoms with Crippen LogP contribution < -0.4 is 4.74 Å². The lowest BCUT2D eigenvalue weighted by Gasteiger charge is -2.34. The van der Waals surface area contributed by atoms with E-state index >= 15 is 0 Å². The molecule has 2 saturated heterocycles. The number of carbonyl (C=O) groups excluding carboxylic acids is 2. The molecule has 0 spiro atoms. The van der Waals surface area contributed by atoms with Crippen molar-refractivity contribution in [1.82, 2.24) is 19.8 Å². The highest BCUT2D eigenvalue weighted by Crippen LogP contribution is 2.30. The molecule has 2 aliphatic rings. The molecule has 29 heavy (non-hydrogen) atoms. The van der Waals surface area contributed by atoms with Gasteiger partial charge in [-0.2, -0.15) is 0 Å². The Morgan fingerprint density at radius 2 is 2.14 bits per heavy atom. The largest absolute Gasteiger partial charge is 0.497 e. The molecule has 0 unspecified atom stereocenters. The Hall–Kier alpha value is -3.00. The van der Waals surface area contributed by atoms with Crippen molar-refractivity contribution in [2.24, 2.45) is 0 Å². The van der Waals surface area contributed by atoms with E-state index in [1.807, 2.05) is 24.3 Å². The van der Waals surface area contributed by atoms with E-state index in [4.69, 9.17) is 9.47 Å². The van der Waals surface area contributed by atoms with Gasteiger partial charge >= 0.3 is 0 Å². The molecule has 3 heterocycles. The third-order valence-corrected chi connectivity index (χ3v) is 5.29. The van der Waals surface area contributed by atoms with Crippen LogP contribution in [0.25, 0.3) is 11.3 Å². The number of hydrogen-bond donors (Lipinski definition) is 0. The molecule has 2 aromatic rings. The van der Waals surface area contributed by atoms with Crippen LogP contribution in [0.5, 0.6) is 5.75 Å². The van der Waals surface area contributed by atoms with Gasteiger partial charge in [-0.1, -0.05) is 12.1 Å². The zero-order chi connectivity index (χ0) is 20.2. The van der Waals surface area contributed by atoms with E-state index in [1.54, 1.807) is 29.3 Å². The van der Waals surface area contributed by atoms with Crippen molar-refractivity contribution in [3.8, 4) is 17.0 Å². The summed E-state index contributed by atoms with van der Waals surface area (Å²) in [6.07, 6.45) is 4.25. The number of carbonyl (C=O) groups is 2. The smallest absolute Gasteiger partial charge is 0.242 e. The predicted octanol–water partition coefficient (Wildman–Crippen LogP) is 1.67. The highest BCUT2D eigenvalue weighted by Gasteiger charge is 2.31. The summed E-state index contributed by atoms with van der Waals surface area (Å²) in [5.74, 6) is 0.730. The van der Waals surface area contributed by atoms with Gasteiger partial charge in [0.15, 0.2) is 0 Å². The van der Waals surface area contributed by atoms with Crippen LogP contribution in [-0.4, -0.2) is 71.5 Å². The Balaban J connectivity index is 1.52. The van der Waals surface area contributed by atoms with Crippen LogP contribution in [-0.2, 0) is 14.3 Å². The van der Waals surface area contributed by atoms with E-state index in [0.29, 0.717) is 44.0 Å². The molecular weight excluding hydrogens is 372 g/mol. The number of rotatable bonds is 5. The molecule has 1 aromatic heterocycles. The van der Waals surface area contributed by atoms with Gasteiger partial charge in [-0.25, -0.2) is 0 Å². The maximum absolute atomic E-state index is 12.7. The third kappa shape index (κ3) is 4.22. The number of methoxy groups -OCH3 is 1. The molecule has 2 amide bonds. The lowest BCUT2D eigenvalue weighted by Crippen LogP contribution is -2.47. The molecular formula is C21H24N4O4. The van der Waals surface area contributed by atoms with Crippen LogP contribution in [0.4, 0.5) is 0 Å². The van der Waals surface area contributed by atoms with Gasteiger partial charge in [-0.15, -0.1) is 0 Å². The van der Waals surface area contributed by atoms with Crippen molar-refractivity contribution in [2.45, 2.75) is 18.9 Å². The Morgan fingerprint density at radius 3 is 2.93 bits per heavy atom. The van der Waals surface area contributed by atoms with Crippen molar-refractivity contribution in [3.05, 3.63) is 42.4 Å². The zero-order valence-corrected chi connectivity index (χ0v) is 16.4. The summed E-state index contributed by atoms with van der Waals surface area (Å²) in [6.45, 7) is 2.10. The summed E-state index contributed by atoms with van der Waals surface area (Å²) in [6, 6.07) is 7.62. The highest BCUT2D eigenvalue weighted by atomic mass is 16.5. The molecule has 0 aliphatic carbocycles. The monoisotopic (exact) mass is 396 g/mol. The molecule has 0 bridgehead atoms. The van der Waals surface area contributed by atoms with Crippen LogP contribution >= 0.6 is 0 Å². The molecule has 0 radical (unpaired) electrons. The minimum Gasteiger partial charge on any atom is -0.497 e. The second-order valence-corrected chi connectivity index (χ2v) is 7.14. The lowest BCUT2D eigenvalue weighted by molar-refractivity contribution is -0.143. The summed E-state index contributed by atoms with van der Waals surface area (Å²) in [5, 5.41) is 0. The first-order valence-corrected chi connectivity index (χ1v) is 9.78. The van der Waals surface area contributed by atoms with Gasteiger partial charge in [0, 0.05) is 37.5 Å². The maximum Gasteiger partial charge on any atom is 0.242 e.